The minimum absolute atomic E-state index is 0.0306. The van der Waals surface area contributed by atoms with Gasteiger partial charge in [-0.25, -0.2) is 0 Å². The number of carboxylic acid groups (broad SMARTS) is 1. The largest absolute Gasteiger partial charge is 0.481 e. The topological polar surface area (TPSA) is 346 Å². The molecule has 610 valence electrons. The molecule has 3 fully saturated rings. The van der Waals surface area contributed by atoms with Crippen LogP contribution in [0.2, 0.25) is 0 Å². The van der Waals surface area contributed by atoms with Crippen LogP contribution in [0, 0.1) is 53.8 Å². The summed E-state index contributed by atoms with van der Waals surface area (Å²) in [6.07, 6.45) is 9.58. The van der Waals surface area contributed by atoms with Crippen LogP contribution >= 0.6 is 0 Å². The summed E-state index contributed by atoms with van der Waals surface area (Å²) in [6.45, 7) is 26.3. The van der Waals surface area contributed by atoms with Crippen LogP contribution in [0.4, 0.5) is 0 Å². The van der Waals surface area contributed by atoms with Crippen molar-refractivity contribution in [1.29, 1.82) is 0 Å². The van der Waals surface area contributed by atoms with Crippen molar-refractivity contribution in [2.24, 2.45) is 41.4 Å². The highest BCUT2D eigenvalue weighted by atomic mass is 16.5. The lowest BCUT2D eigenvalue weighted by Gasteiger charge is -2.40. The Balaban J connectivity index is 1.52. The Kier molecular flexibility index (Phi) is 36.1. The molecule has 0 aliphatic carbocycles. The maximum atomic E-state index is 15.1. The van der Waals surface area contributed by atoms with Crippen LogP contribution in [0.5, 0.6) is 0 Å². The summed E-state index contributed by atoms with van der Waals surface area (Å²) in [6, 6.07) is -5.40. The van der Waals surface area contributed by atoms with Crippen LogP contribution in [0.1, 0.15) is 180 Å². The van der Waals surface area contributed by atoms with Crippen LogP contribution in [0.3, 0.4) is 0 Å². The number of carbonyl (C=O) groups is 14. The summed E-state index contributed by atoms with van der Waals surface area (Å²) in [4.78, 5) is 213. The van der Waals surface area contributed by atoms with E-state index in [2.05, 4.69) is 27.2 Å². The zero-order chi connectivity index (χ0) is 82.5. The second kappa shape index (κ2) is 42.5. The zero-order valence-corrected chi connectivity index (χ0v) is 68.9. The molecule has 5 N–H and O–H groups in total. The summed E-state index contributed by atoms with van der Waals surface area (Å²) in [7, 11) is 9.95. The molecule has 0 radical (unpaired) electrons. The number of rotatable bonds is 39. The van der Waals surface area contributed by atoms with Crippen molar-refractivity contribution in [3.63, 3.8) is 0 Å². The van der Waals surface area contributed by atoms with E-state index in [1.54, 1.807) is 71.9 Å². The van der Waals surface area contributed by atoms with Gasteiger partial charge in [0.1, 0.15) is 72.5 Å². The van der Waals surface area contributed by atoms with Gasteiger partial charge in [0.25, 0.3) is 0 Å². The van der Waals surface area contributed by atoms with Crippen LogP contribution in [0.15, 0.2) is 30.3 Å². The molecule has 13 amide bonds. The standard InChI is InChI=1S/C80H129N13O16/c1-24-26-28-36-57(52(13)80(107)108)83-70(97)66(50(11)25-2)90(22)75(102)60-38-32-42-93(60)78(105)61-39-33-41-92(61)73(100)58(43-46(3)4)84-69(96)64(48(7)8)88(20)71(98)53(14)82-68(95)55(16)85(17)76(103)62(44-56-34-29-27-30-35-56)86(18)77(104)63(45-109-23)87(19)79(106)65(49(9)10)89(21)74(101)59-37-31-40-91(59)72(99)54(15)81-67(94)51(12)47(5)6/h1,27,29-30,34-35,46-55,57-66H,25-26,28,31-33,36-45H2,2-23H3,(H,81,94)(H,82,95)(H,83,97)(H,84,96)(H,107,108)/t50-,51+,52?,53-,54-,55+,57?,58-,59-,60-,61-,62-,63-,64-,65-,66-/m0/s1. The molecule has 0 aromatic heterocycles. The van der Waals surface area contributed by atoms with Gasteiger partial charge in [-0.3, -0.25) is 67.1 Å². The molecule has 1 aromatic rings. The van der Waals surface area contributed by atoms with E-state index in [4.69, 9.17) is 11.2 Å². The number of unbranched alkanes of at least 4 members (excludes halogenated alkanes) is 1. The van der Waals surface area contributed by atoms with E-state index in [9.17, 15) is 62.6 Å². The number of ether oxygens (including phenoxy) is 1. The van der Waals surface area contributed by atoms with Gasteiger partial charge in [-0.1, -0.05) is 113 Å². The molecule has 0 saturated carbocycles. The zero-order valence-electron chi connectivity index (χ0n) is 68.9. The number of methoxy groups -OCH3 is 1. The van der Waals surface area contributed by atoms with Gasteiger partial charge in [0.15, 0.2) is 0 Å². The highest BCUT2D eigenvalue weighted by Crippen LogP contribution is 2.31. The fourth-order valence-corrected chi connectivity index (χ4v) is 15.0. The number of likely N-dealkylation sites (tertiary alicyclic amines) is 3. The third kappa shape index (κ3) is 23.7. The van der Waals surface area contributed by atoms with Crippen molar-refractivity contribution in [2.75, 3.05) is 75.6 Å². The summed E-state index contributed by atoms with van der Waals surface area (Å²) in [5.74, 6) is -8.70. The molecular formula is C80H129N13O16. The maximum Gasteiger partial charge on any atom is 0.308 e. The van der Waals surface area contributed by atoms with Gasteiger partial charge in [0, 0.05) is 93.8 Å². The summed E-state index contributed by atoms with van der Waals surface area (Å²) < 4.78 is 5.57. The number of aliphatic carboxylic acids is 1. The summed E-state index contributed by atoms with van der Waals surface area (Å²) >= 11 is 0. The third-order valence-electron chi connectivity index (χ3n) is 22.4. The van der Waals surface area contributed by atoms with Crippen LogP contribution < -0.4 is 21.3 Å². The molecule has 3 heterocycles. The first kappa shape index (κ1) is 92.7. The summed E-state index contributed by atoms with van der Waals surface area (Å²) in [5.41, 5.74) is 0.652. The van der Waals surface area contributed by atoms with Gasteiger partial charge in [-0.05, 0) is 121 Å². The number of benzene rings is 1. The van der Waals surface area contributed by atoms with Gasteiger partial charge in [-0.2, -0.15) is 0 Å². The fourth-order valence-electron chi connectivity index (χ4n) is 15.0. The second-order valence-corrected chi connectivity index (χ2v) is 31.8. The van der Waals surface area contributed by atoms with Crippen LogP contribution in [-0.4, -0.2) is 286 Å². The Morgan fingerprint density at radius 2 is 1.03 bits per heavy atom. The van der Waals surface area contributed by atoms with Crippen LogP contribution in [-0.2, 0) is 78.3 Å². The Hall–Kier alpha value is -8.68. The van der Waals surface area contributed by atoms with Gasteiger partial charge >= 0.3 is 5.97 Å². The average molecular weight is 1530 g/mol. The second-order valence-electron chi connectivity index (χ2n) is 31.8. The Morgan fingerprint density at radius 3 is 1.54 bits per heavy atom. The van der Waals surface area contributed by atoms with E-state index in [0.717, 1.165) is 4.90 Å². The minimum Gasteiger partial charge on any atom is -0.481 e. The van der Waals surface area contributed by atoms with Gasteiger partial charge in [0.05, 0.1) is 12.5 Å². The van der Waals surface area contributed by atoms with E-state index in [-0.39, 0.29) is 75.1 Å². The molecule has 3 aliphatic rings. The van der Waals surface area contributed by atoms with Crippen LogP contribution in [0.25, 0.3) is 0 Å². The summed E-state index contributed by atoms with van der Waals surface area (Å²) in [5, 5.41) is 21.2. The molecule has 4 rings (SSSR count). The smallest absolute Gasteiger partial charge is 0.308 e. The Morgan fingerprint density at radius 1 is 0.532 bits per heavy atom. The van der Waals surface area contributed by atoms with E-state index >= 15 is 9.59 Å². The highest BCUT2D eigenvalue weighted by molar-refractivity contribution is 6.00. The molecule has 29 heteroatoms. The highest BCUT2D eigenvalue weighted by Gasteiger charge is 2.49. The lowest BCUT2D eigenvalue weighted by atomic mass is 9.93. The SMILES string of the molecule is C#CCCCC(NC(=O)[C@H]([C@@H](C)CC)N(C)C(=O)[C@@H]1CCCN1C(=O)[C@@H]1CCCN1C(=O)[C@H](CC(C)C)NC(=O)[C@H](C(C)C)N(C)C(=O)[C@H](C)NC(=O)[C@@H](C)N(C)C(=O)[C@H](Cc1ccccc1)N(C)C(=O)[C@H](COC)N(C)C(=O)[C@H](C(C)C)N(C)C(=O)[C@@H]1CCCN1C(=O)[C@H](C)NC(=O)[C@H](C)C(C)C)C(C)C(=O)O. The number of nitrogens with zero attached hydrogens (tertiary/aromatic N) is 9. The average Bonchev–Trinajstić information content (AvgIpc) is 1.67. The van der Waals surface area contributed by atoms with Crippen molar-refractivity contribution in [1.82, 2.24) is 65.4 Å². The molecule has 2 unspecified atom stereocenters. The van der Waals surface area contributed by atoms with Gasteiger partial charge in [0.2, 0.25) is 76.8 Å². The van der Waals surface area contributed by atoms with E-state index < -0.39 is 173 Å². The van der Waals surface area contributed by atoms with E-state index in [1.807, 2.05) is 41.5 Å². The number of nitrogens with one attached hydrogen (secondary N) is 4. The molecule has 3 saturated heterocycles. The number of carbonyl (C=O) groups excluding carboxylic acids is 13. The number of likely N-dealkylation sites (N-methyl/N-ethyl adjacent to an activating group) is 6. The van der Waals surface area contributed by atoms with Crippen molar-refractivity contribution < 1.29 is 77.0 Å². The number of hydrogen-bond acceptors (Lipinski definition) is 15. The maximum absolute atomic E-state index is 15.1. The molecule has 0 spiro atoms. The Labute approximate surface area is 647 Å². The predicted molar refractivity (Wildman–Crippen MR) is 412 cm³/mol. The lowest BCUT2D eigenvalue weighted by Crippen LogP contribution is -2.62. The number of carboxylic acids is 1. The first-order chi connectivity index (χ1) is 51.1. The Bertz CT molecular complexity index is 3380. The molecule has 3 aliphatic heterocycles. The van der Waals surface area contributed by atoms with Crippen molar-refractivity contribution in [2.45, 2.75) is 259 Å². The molecular weight excluding hydrogens is 1400 g/mol. The normalized spacial score (nSPS) is 19.3. The molecule has 16 atom stereocenters. The first-order valence-corrected chi connectivity index (χ1v) is 39.0. The quantitative estimate of drug-likeness (QED) is 0.0459. The lowest BCUT2D eigenvalue weighted by molar-refractivity contribution is -0.157. The van der Waals surface area contributed by atoms with Crippen molar-refractivity contribution in [3.8, 4) is 12.3 Å². The predicted octanol–water partition coefficient (Wildman–Crippen LogP) is 4.03. The number of amides is 13. The molecule has 29 nitrogen and oxygen atoms in total. The molecule has 0 bridgehead atoms. The van der Waals surface area contributed by atoms with Crippen molar-refractivity contribution in [3.05, 3.63) is 35.9 Å². The fraction of sp³-hybridized carbons (Fsp3) is 0.725. The monoisotopic (exact) mass is 1530 g/mol. The van der Waals surface area contributed by atoms with E-state index in [0.29, 0.717) is 63.4 Å². The first-order valence-electron chi connectivity index (χ1n) is 39.0. The van der Waals surface area contributed by atoms with E-state index in [1.165, 1.54) is 109 Å². The van der Waals surface area contributed by atoms with Gasteiger partial charge < -0.3 is 75.2 Å². The number of terminal acetylenes is 1. The third-order valence-corrected chi connectivity index (χ3v) is 22.4. The van der Waals surface area contributed by atoms with Crippen molar-refractivity contribution >= 4 is 82.8 Å². The number of hydrogen-bond donors (Lipinski definition) is 5. The molecule has 109 heavy (non-hydrogen) atoms. The molecule has 1 aromatic carbocycles. The minimum atomic E-state index is -1.35. The van der Waals surface area contributed by atoms with Gasteiger partial charge in [-0.15, -0.1) is 12.3 Å².